The van der Waals surface area contributed by atoms with Gasteiger partial charge in [0.05, 0.1) is 11.5 Å². The van der Waals surface area contributed by atoms with Crippen LogP contribution < -0.4 is 10.1 Å². The van der Waals surface area contributed by atoms with E-state index in [0.717, 1.165) is 11.1 Å². The molecule has 0 aliphatic carbocycles. The van der Waals surface area contributed by atoms with Crippen LogP contribution in [0, 0.1) is 10.1 Å². The largest absolute Gasteiger partial charge is 0.472 e. The first-order chi connectivity index (χ1) is 9.70. The Balaban J connectivity index is 2.06. The monoisotopic (exact) mass is 294 g/mol. The summed E-state index contributed by atoms with van der Waals surface area (Å²) in [5.74, 6) is 0.321. The lowest BCUT2D eigenvalue weighted by Gasteiger charge is -2.07. The van der Waals surface area contributed by atoms with Gasteiger partial charge in [0.25, 0.3) is 5.88 Å². The van der Waals surface area contributed by atoms with Gasteiger partial charge >= 0.3 is 5.69 Å². The Bertz CT molecular complexity index is 574. The fourth-order valence-corrected chi connectivity index (χ4v) is 2.23. The number of nitrogens with zero attached hydrogens (tertiary/aromatic N) is 3. The highest BCUT2D eigenvalue weighted by Gasteiger charge is 2.18. The van der Waals surface area contributed by atoms with E-state index in [0.29, 0.717) is 25.5 Å². The van der Waals surface area contributed by atoms with Crippen LogP contribution in [0.2, 0.25) is 0 Å². The van der Waals surface area contributed by atoms with E-state index in [9.17, 15) is 10.1 Å². The molecule has 106 valence electrons. The minimum absolute atomic E-state index is 0.00231. The smallest absolute Gasteiger partial charge is 0.349 e. The summed E-state index contributed by atoms with van der Waals surface area (Å²) in [6, 6.07) is 3.95. The molecule has 0 unspecified atom stereocenters. The SMILES string of the molecule is CCNc1ncc([N+](=O)[O-])c(OCCc2cccs2)n1. The van der Waals surface area contributed by atoms with Crippen molar-refractivity contribution in [1.29, 1.82) is 0 Å². The van der Waals surface area contributed by atoms with Crippen LogP contribution in [0.3, 0.4) is 0 Å². The Hall–Kier alpha value is -2.22. The highest BCUT2D eigenvalue weighted by atomic mass is 32.1. The fourth-order valence-electron chi connectivity index (χ4n) is 1.54. The molecule has 0 radical (unpaired) electrons. The number of nitro groups is 1. The van der Waals surface area contributed by atoms with Crippen LogP contribution in [0.5, 0.6) is 5.88 Å². The first-order valence-corrected chi connectivity index (χ1v) is 6.99. The van der Waals surface area contributed by atoms with Crippen molar-refractivity contribution in [3.05, 3.63) is 38.7 Å². The van der Waals surface area contributed by atoms with Gasteiger partial charge in [0.2, 0.25) is 5.95 Å². The molecule has 0 saturated heterocycles. The van der Waals surface area contributed by atoms with Gasteiger partial charge in [0.1, 0.15) is 6.20 Å². The van der Waals surface area contributed by atoms with E-state index >= 15 is 0 Å². The Labute approximate surface area is 119 Å². The molecule has 8 heteroatoms. The lowest BCUT2D eigenvalue weighted by atomic mass is 10.4. The maximum atomic E-state index is 10.9. The number of ether oxygens (including phenoxy) is 1. The van der Waals surface area contributed by atoms with Gasteiger partial charge in [-0.05, 0) is 18.4 Å². The van der Waals surface area contributed by atoms with Crippen LogP contribution in [0.4, 0.5) is 11.6 Å². The van der Waals surface area contributed by atoms with Gasteiger partial charge in [-0.1, -0.05) is 6.07 Å². The van der Waals surface area contributed by atoms with Crippen molar-refractivity contribution in [2.75, 3.05) is 18.5 Å². The van der Waals surface area contributed by atoms with Crippen molar-refractivity contribution in [3.63, 3.8) is 0 Å². The lowest BCUT2D eigenvalue weighted by molar-refractivity contribution is -0.386. The van der Waals surface area contributed by atoms with E-state index in [1.54, 1.807) is 11.3 Å². The second-order valence-corrected chi connectivity index (χ2v) is 4.88. The average Bonchev–Trinajstić information content (AvgIpc) is 2.92. The van der Waals surface area contributed by atoms with E-state index in [-0.39, 0.29) is 11.6 Å². The molecule has 2 rings (SSSR count). The number of anilines is 1. The summed E-state index contributed by atoms with van der Waals surface area (Å²) in [5.41, 5.74) is -0.224. The number of hydrogen-bond donors (Lipinski definition) is 1. The molecule has 20 heavy (non-hydrogen) atoms. The molecule has 2 aromatic rings. The summed E-state index contributed by atoms with van der Waals surface area (Å²) in [7, 11) is 0. The zero-order chi connectivity index (χ0) is 14.4. The first-order valence-electron chi connectivity index (χ1n) is 6.11. The van der Waals surface area contributed by atoms with Crippen LogP contribution in [0.15, 0.2) is 23.7 Å². The van der Waals surface area contributed by atoms with Crippen molar-refractivity contribution >= 4 is 23.0 Å². The number of hydrogen-bond acceptors (Lipinski definition) is 7. The predicted molar refractivity (Wildman–Crippen MR) is 76.4 cm³/mol. The molecule has 0 aromatic carbocycles. The molecule has 0 fully saturated rings. The number of nitrogens with one attached hydrogen (secondary N) is 1. The lowest BCUT2D eigenvalue weighted by Crippen LogP contribution is -2.08. The maximum Gasteiger partial charge on any atom is 0.349 e. The van der Waals surface area contributed by atoms with Gasteiger partial charge in [-0.2, -0.15) is 4.98 Å². The highest BCUT2D eigenvalue weighted by molar-refractivity contribution is 7.09. The van der Waals surface area contributed by atoms with Gasteiger partial charge in [-0.25, -0.2) is 4.98 Å². The van der Waals surface area contributed by atoms with Gasteiger partial charge < -0.3 is 10.1 Å². The maximum absolute atomic E-state index is 10.9. The van der Waals surface area contributed by atoms with Crippen LogP contribution >= 0.6 is 11.3 Å². The third kappa shape index (κ3) is 3.64. The van der Waals surface area contributed by atoms with Crippen LogP contribution in [-0.4, -0.2) is 28.0 Å². The van der Waals surface area contributed by atoms with Gasteiger partial charge in [0, 0.05) is 17.8 Å². The minimum Gasteiger partial charge on any atom is -0.472 e. The Kier molecular flexibility index (Phi) is 4.83. The summed E-state index contributed by atoms with van der Waals surface area (Å²) in [4.78, 5) is 19.4. The first kappa shape index (κ1) is 14.2. The Morgan fingerprint density at radius 1 is 1.55 bits per heavy atom. The van der Waals surface area contributed by atoms with E-state index in [1.807, 2.05) is 24.4 Å². The summed E-state index contributed by atoms with van der Waals surface area (Å²) < 4.78 is 5.43. The molecule has 0 atom stereocenters. The van der Waals surface area contributed by atoms with Gasteiger partial charge in [0.15, 0.2) is 0 Å². The molecular weight excluding hydrogens is 280 g/mol. The second-order valence-electron chi connectivity index (χ2n) is 3.85. The van der Waals surface area contributed by atoms with E-state index in [2.05, 4.69) is 15.3 Å². The van der Waals surface area contributed by atoms with Gasteiger partial charge in [-0.3, -0.25) is 10.1 Å². The van der Waals surface area contributed by atoms with Crippen LogP contribution in [-0.2, 0) is 6.42 Å². The molecule has 7 nitrogen and oxygen atoms in total. The van der Waals surface area contributed by atoms with Crippen LogP contribution in [0.25, 0.3) is 0 Å². The van der Waals surface area contributed by atoms with Gasteiger partial charge in [-0.15, -0.1) is 11.3 Å². The molecule has 0 saturated carbocycles. The van der Waals surface area contributed by atoms with Crippen molar-refractivity contribution in [2.24, 2.45) is 0 Å². The zero-order valence-electron chi connectivity index (χ0n) is 10.9. The molecule has 1 N–H and O–H groups in total. The summed E-state index contributed by atoms with van der Waals surface area (Å²) in [6.45, 7) is 2.86. The predicted octanol–water partition coefficient (Wildman–Crippen LogP) is 2.50. The number of rotatable bonds is 7. The molecule has 2 aromatic heterocycles. The zero-order valence-corrected chi connectivity index (χ0v) is 11.7. The molecule has 0 aliphatic heterocycles. The van der Waals surface area contributed by atoms with Crippen LogP contribution in [0.1, 0.15) is 11.8 Å². The molecule has 0 aliphatic rings. The summed E-state index contributed by atoms with van der Waals surface area (Å²) in [5, 5.41) is 15.8. The second kappa shape index (κ2) is 6.80. The Morgan fingerprint density at radius 2 is 2.40 bits per heavy atom. The third-order valence-corrected chi connectivity index (χ3v) is 3.37. The van der Waals surface area contributed by atoms with Crippen molar-refractivity contribution < 1.29 is 9.66 Å². The number of aromatic nitrogens is 2. The van der Waals surface area contributed by atoms with E-state index in [1.165, 1.54) is 0 Å². The normalized spacial score (nSPS) is 10.2. The molecule has 2 heterocycles. The standard InChI is InChI=1S/C12H14N4O3S/c1-2-13-12-14-8-10(16(17)18)11(15-12)19-6-5-9-4-3-7-20-9/h3-4,7-8H,2,5-6H2,1H3,(H,13,14,15). The quantitative estimate of drug-likeness (QED) is 0.623. The summed E-state index contributed by atoms with van der Waals surface area (Å²) in [6.07, 6.45) is 1.85. The minimum atomic E-state index is -0.545. The Morgan fingerprint density at radius 3 is 3.05 bits per heavy atom. The van der Waals surface area contributed by atoms with Crippen molar-refractivity contribution in [3.8, 4) is 5.88 Å². The van der Waals surface area contributed by atoms with E-state index < -0.39 is 4.92 Å². The number of thiophene rings is 1. The van der Waals surface area contributed by atoms with E-state index in [4.69, 9.17) is 4.74 Å². The van der Waals surface area contributed by atoms with Crippen molar-refractivity contribution in [1.82, 2.24) is 9.97 Å². The third-order valence-electron chi connectivity index (χ3n) is 2.43. The van der Waals surface area contributed by atoms with Crippen molar-refractivity contribution in [2.45, 2.75) is 13.3 Å². The topological polar surface area (TPSA) is 90.2 Å². The fraction of sp³-hybridized carbons (Fsp3) is 0.333. The molecular formula is C12H14N4O3S. The highest BCUT2D eigenvalue weighted by Crippen LogP contribution is 2.24. The molecule has 0 amide bonds. The average molecular weight is 294 g/mol. The summed E-state index contributed by atoms with van der Waals surface area (Å²) >= 11 is 1.62. The molecule has 0 spiro atoms. The molecule has 0 bridgehead atoms.